The van der Waals surface area contributed by atoms with Crippen molar-refractivity contribution in [1.29, 1.82) is 0 Å². The van der Waals surface area contributed by atoms with Crippen molar-refractivity contribution in [3.05, 3.63) is 47.3 Å². The summed E-state index contributed by atoms with van der Waals surface area (Å²) < 4.78 is 5.38. The van der Waals surface area contributed by atoms with Gasteiger partial charge in [-0.25, -0.2) is 14.8 Å². The number of hydrogen-bond acceptors (Lipinski definition) is 6. The molecule has 1 aliphatic rings. The Balaban J connectivity index is 1.61. The van der Waals surface area contributed by atoms with E-state index >= 15 is 0 Å². The van der Waals surface area contributed by atoms with Crippen molar-refractivity contribution >= 4 is 23.6 Å². The largest absolute Gasteiger partial charge is 0.379 e. The van der Waals surface area contributed by atoms with Gasteiger partial charge in [0.15, 0.2) is 0 Å². The first-order chi connectivity index (χ1) is 15.0. The third-order valence-corrected chi connectivity index (χ3v) is 4.76. The van der Waals surface area contributed by atoms with Gasteiger partial charge in [-0.05, 0) is 45.4 Å². The number of aromatic nitrogens is 2. The molecule has 1 aliphatic heterocycles. The number of anilines is 2. The summed E-state index contributed by atoms with van der Waals surface area (Å²) in [6, 6.07) is 9.10. The fourth-order valence-corrected chi connectivity index (χ4v) is 3.21. The minimum atomic E-state index is -0.382. The van der Waals surface area contributed by atoms with E-state index in [9.17, 15) is 4.79 Å². The maximum absolute atomic E-state index is 12.5. The van der Waals surface area contributed by atoms with E-state index in [0.717, 1.165) is 56.2 Å². The Hall–Kier alpha value is -3.04. The first-order valence-corrected chi connectivity index (χ1v) is 10.6. The molecule has 0 radical (unpaired) electrons. The van der Waals surface area contributed by atoms with Gasteiger partial charge in [0.25, 0.3) is 0 Å². The van der Waals surface area contributed by atoms with E-state index in [1.165, 1.54) is 0 Å². The Morgan fingerprint density at radius 3 is 2.42 bits per heavy atom. The van der Waals surface area contributed by atoms with Crippen LogP contribution in [-0.4, -0.2) is 66.3 Å². The highest BCUT2D eigenvalue weighted by Gasteiger charge is 2.11. The van der Waals surface area contributed by atoms with Crippen molar-refractivity contribution in [3.8, 4) is 0 Å². The van der Waals surface area contributed by atoms with E-state index < -0.39 is 0 Å². The van der Waals surface area contributed by atoms with Crippen LogP contribution in [-0.2, 0) is 4.74 Å². The number of amides is 2. The number of nitrogens with one attached hydrogen (secondary N) is 3. The molecule has 9 heteroatoms. The number of carbonyl (C=O) groups excluding carboxylic acids is 1. The maximum atomic E-state index is 12.5. The number of carbonyl (C=O) groups is 1. The fourth-order valence-electron chi connectivity index (χ4n) is 3.21. The van der Waals surface area contributed by atoms with Crippen LogP contribution in [0.2, 0.25) is 0 Å². The molecular weight excluding hydrogens is 394 g/mol. The Labute approximate surface area is 183 Å². The number of urea groups is 1. The quantitative estimate of drug-likeness (QED) is 0.374. The molecule has 0 saturated carbocycles. The molecule has 2 aromatic rings. The molecule has 31 heavy (non-hydrogen) atoms. The highest BCUT2D eigenvalue weighted by atomic mass is 16.5. The zero-order valence-corrected chi connectivity index (χ0v) is 18.4. The fraction of sp³-hybridized carbons (Fsp3) is 0.455. The van der Waals surface area contributed by atoms with Gasteiger partial charge in [-0.15, -0.1) is 0 Å². The summed E-state index contributed by atoms with van der Waals surface area (Å²) >= 11 is 0. The van der Waals surface area contributed by atoms with Crippen molar-refractivity contribution in [3.63, 3.8) is 0 Å². The highest BCUT2D eigenvalue weighted by Crippen LogP contribution is 2.08. The summed E-state index contributed by atoms with van der Waals surface area (Å²) in [6.45, 7) is 10.8. The normalized spacial score (nSPS) is 14.9. The zero-order chi connectivity index (χ0) is 22.1. The van der Waals surface area contributed by atoms with Gasteiger partial charge in [0.05, 0.1) is 13.2 Å². The molecular formula is C22H31N7O2. The molecule has 166 valence electrons. The molecule has 2 heterocycles. The number of nitrogens with zero attached hydrogens (tertiary/aromatic N) is 4. The lowest BCUT2D eigenvalue weighted by Gasteiger charge is -2.26. The highest BCUT2D eigenvalue weighted by molar-refractivity contribution is 6.07. The maximum Gasteiger partial charge on any atom is 0.326 e. The van der Waals surface area contributed by atoms with Crippen molar-refractivity contribution in [2.24, 2.45) is 4.99 Å². The monoisotopic (exact) mass is 425 g/mol. The first-order valence-electron chi connectivity index (χ1n) is 10.6. The van der Waals surface area contributed by atoms with Gasteiger partial charge >= 0.3 is 6.03 Å². The lowest BCUT2D eigenvalue weighted by atomic mass is 10.2. The van der Waals surface area contributed by atoms with Crippen LogP contribution in [0.5, 0.6) is 0 Å². The summed E-state index contributed by atoms with van der Waals surface area (Å²) in [6.07, 6.45) is 0.875. The molecule has 3 rings (SSSR count). The summed E-state index contributed by atoms with van der Waals surface area (Å²) in [5.74, 6) is 0.719. The predicted octanol–water partition coefficient (Wildman–Crippen LogP) is 2.71. The smallest absolute Gasteiger partial charge is 0.326 e. The van der Waals surface area contributed by atoms with Gasteiger partial charge in [-0.2, -0.15) is 0 Å². The van der Waals surface area contributed by atoms with Crippen LogP contribution in [0.3, 0.4) is 0 Å². The molecule has 1 fully saturated rings. The summed E-state index contributed by atoms with van der Waals surface area (Å²) in [4.78, 5) is 28.2. The second-order valence-electron chi connectivity index (χ2n) is 7.58. The minimum Gasteiger partial charge on any atom is -0.379 e. The average molecular weight is 426 g/mol. The van der Waals surface area contributed by atoms with Gasteiger partial charge in [-0.1, -0.05) is 17.7 Å². The molecule has 0 unspecified atom stereocenters. The van der Waals surface area contributed by atoms with Gasteiger partial charge in [-0.3, -0.25) is 20.5 Å². The number of guanidine groups is 1. The Morgan fingerprint density at radius 2 is 1.74 bits per heavy atom. The van der Waals surface area contributed by atoms with E-state index in [1.807, 2.05) is 51.1 Å². The first kappa shape index (κ1) is 22.6. The van der Waals surface area contributed by atoms with Crippen LogP contribution in [0.25, 0.3) is 0 Å². The molecule has 0 aliphatic carbocycles. The molecule has 2 amide bonds. The molecule has 1 saturated heterocycles. The molecule has 9 nitrogen and oxygen atoms in total. The summed E-state index contributed by atoms with van der Waals surface area (Å²) in [5.41, 5.74) is 3.51. The molecule has 0 spiro atoms. The van der Waals surface area contributed by atoms with E-state index in [2.05, 4.69) is 35.8 Å². The topological polar surface area (TPSA) is 104 Å². The molecule has 1 aromatic heterocycles. The van der Waals surface area contributed by atoms with Crippen LogP contribution in [0.1, 0.15) is 23.4 Å². The standard InChI is InChI=1S/C22H31N7O2/c1-16-5-7-19(8-6-16)26-22(30)28-20(27-21-24-17(2)15-18(3)25-21)23-9-4-10-29-11-13-31-14-12-29/h5-8,15H,4,9-14H2,1-3H3,(H3,23,24,25,26,27,28,30). The number of morpholine rings is 1. The third-order valence-electron chi connectivity index (χ3n) is 4.76. The van der Waals surface area contributed by atoms with Crippen molar-refractivity contribution < 1.29 is 9.53 Å². The Bertz CT molecular complexity index is 873. The zero-order valence-electron chi connectivity index (χ0n) is 18.4. The number of aryl methyl sites for hydroxylation is 3. The predicted molar refractivity (Wildman–Crippen MR) is 123 cm³/mol. The van der Waals surface area contributed by atoms with Gasteiger partial charge in [0.1, 0.15) is 0 Å². The second kappa shape index (κ2) is 11.4. The van der Waals surface area contributed by atoms with Gasteiger partial charge in [0.2, 0.25) is 11.9 Å². The third kappa shape index (κ3) is 7.95. The lowest BCUT2D eigenvalue weighted by Crippen LogP contribution is -2.40. The summed E-state index contributed by atoms with van der Waals surface area (Å²) in [7, 11) is 0. The van der Waals surface area contributed by atoms with Gasteiger partial charge < -0.3 is 10.1 Å². The lowest BCUT2D eigenvalue weighted by molar-refractivity contribution is 0.0377. The van der Waals surface area contributed by atoms with E-state index in [1.54, 1.807) is 0 Å². The van der Waals surface area contributed by atoms with Crippen molar-refractivity contribution in [2.45, 2.75) is 27.2 Å². The molecule has 0 atom stereocenters. The molecule has 3 N–H and O–H groups in total. The number of hydrogen-bond donors (Lipinski definition) is 3. The number of benzene rings is 1. The van der Waals surface area contributed by atoms with E-state index in [4.69, 9.17) is 4.74 Å². The van der Waals surface area contributed by atoms with Crippen molar-refractivity contribution in [1.82, 2.24) is 20.2 Å². The van der Waals surface area contributed by atoms with Crippen molar-refractivity contribution in [2.75, 3.05) is 50.0 Å². The van der Waals surface area contributed by atoms with Crippen LogP contribution in [0.4, 0.5) is 16.4 Å². The molecule has 1 aromatic carbocycles. The molecule has 0 bridgehead atoms. The number of ether oxygens (including phenoxy) is 1. The van der Waals surface area contributed by atoms with Crippen LogP contribution < -0.4 is 16.0 Å². The minimum absolute atomic E-state index is 0.316. The Morgan fingerprint density at radius 1 is 1.06 bits per heavy atom. The second-order valence-corrected chi connectivity index (χ2v) is 7.58. The average Bonchev–Trinajstić information content (AvgIpc) is 2.73. The van der Waals surface area contributed by atoms with E-state index in [0.29, 0.717) is 24.1 Å². The number of rotatable bonds is 6. The Kier molecular flexibility index (Phi) is 8.31. The van der Waals surface area contributed by atoms with Crippen LogP contribution in [0.15, 0.2) is 35.3 Å². The van der Waals surface area contributed by atoms with Gasteiger partial charge in [0, 0.05) is 43.3 Å². The number of aliphatic imine (C=N–C) groups is 1. The van der Waals surface area contributed by atoms with E-state index in [-0.39, 0.29) is 6.03 Å². The summed E-state index contributed by atoms with van der Waals surface area (Å²) in [5, 5.41) is 8.64. The van der Waals surface area contributed by atoms with Crippen LogP contribution in [0, 0.1) is 20.8 Å². The SMILES string of the molecule is Cc1ccc(NC(=O)NC(=NCCCN2CCOCC2)Nc2nc(C)cc(C)n2)cc1. The van der Waals surface area contributed by atoms with Crippen LogP contribution >= 0.6 is 0 Å².